The highest BCUT2D eigenvalue weighted by molar-refractivity contribution is 7.89. The lowest BCUT2D eigenvalue weighted by molar-refractivity contribution is -0.143. The minimum atomic E-state index is -4.52. The summed E-state index contributed by atoms with van der Waals surface area (Å²) in [7, 11) is -2.50. The average Bonchev–Trinajstić information content (AvgIpc) is 2.54. The van der Waals surface area contributed by atoms with Crippen LogP contribution in [0.25, 0.3) is 0 Å². The van der Waals surface area contributed by atoms with Crippen LogP contribution in [0.4, 0.5) is 13.2 Å². The van der Waals surface area contributed by atoms with E-state index in [0.29, 0.717) is 25.7 Å². The summed E-state index contributed by atoms with van der Waals surface area (Å²) in [4.78, 5) is 10.7. The van der Waals surface area contributed by atoms with Crippen LogP contribution in [0.5, 0.6) is 0 Å². The molecule has 0 amide bonds. The summed E-state index contributed by atoms with van der Waals surface area (Å²) in [6.07, 6.45) is -2.27. The van der Waals surface area contributed by atoms with E-state index < -0.39 is 27.7 Å². The number of halogens is 3. The Hall–Kier alpha value is -1.61. The summed E-state index contributed by atoms with van der Waals surface area (Å²) in [5, 5.41) is 8.98. The molecule has 2 rings (SSSR count). The van der Waals surface area contributed by atoms with Gasteiger partial charge in [0.25, 0.3) is 0 Å². The minimum Gasteiger partial charge on any atom is -0.481 e. The lowest BCUT2D eigenvalue weighted by atomic mass is 9.82. The summed E-state index contributed by atoms with van der Waals surface area (Å²) in [6, 6.07) is 3.41. The zero-order valence-electron chi connectivity index (χ0n) is 13.7. The van der Waals surface area contributed by atoms with Gasteiger partial charge in [0.2, 0.25) is 10.0 Å². The lowest BCUT2D eigenvalue weighted by Gasteiger charge is -2.29. The molecule has 1 aliphatic carbocycles. The lowest BCUT2D eigenvalue weighted by Crippen LogP contribution is -2.34. The van der Waals surface area contributed by atoms with E-state index in [9.17, 15) is 26.4 Å². The van der Waals surface area contributed by atoms with Crippen LogP contribution < -0.4 is 0 Å². The van der Waals surface area contributed by atoms with Gasteiger partial charge >= 0.3 is 12.1 Å². The van der Waals surface area contributed by atoms with E-state index in [4.69, 9.17) is 5.11 Å². The first kappa shape index (κ1) is 19.7. The third kappa shape index (κ3) is 4.72. The van der Waals surface area contributed by atoms with Crippen LogP contribution in [-0.4, -0.2) is 37.4 Å². The molecule has 0 saturated heterocycles. The van der Waals surface area contributed by atoms with Crippen molar-refractivity contribution in [1.82, 2.24) is 4.31 Å². The minimum absolute atomic E-state index is 0.0461. The quantitative estimate of drug-likeness (QED) is 0.852. The maximum absolute atomic E-state index is 12.6. The summed E-state index contributed by atoms with van der Waals surface area (Å²) in [5.41, 5.74) is -0.902. The highest BCUT2D eigenvalue weighted by Crippen LogP contribution is 2.32. The van der Waals surface area contributed by atoms with E-state index in [0.717, 1.165) is 28.6 Å². The van der Waals surface area contributed by atoms with Crippen LogP contribution in [0.2, 0.25) is 0 Å². The Bertz CT molecular complexity index is 708. The normalized spacial score (nSPS) is 22.1. The SMILES string of the molecule is CN(CC1CCC(C(=O)O)CC1)S(=O)(=O)c1ccc(C(F)(F)F)cc1. The van der Waals surface area contributed by atoms with Crippen molar-refractivity contribution < 1.29 is 31.5 Å². The van der Waals surface area contributed by atoms with Gasteiger partial charge in [-0.2, -0.15) is 13.2 Å². The summed E-state index contributed by atoms with van der Waals surface area (Å²) in [5.74, 6) is -1.16. The standard InChI is InChI=1S/C16H20F3NO4S/c1-20(10-11-2-4-12(5-3-11)15(21)22)25(23,24)14-8-6-13(7-9-14)16(17,18)19/h6-9,11-12H,2-5,10H2,1H3,(H,21,22). The zero-order valence-corrected chi connectivity index (χ0v) is 14.5. The molecule has 0 bridgehead atoms. The van der Waals surface area contributed by atoms with Crippen molar-refractivity contribution in [1.29, 1.82) is 0 Å². The number of alkyl halides is 3. The van der Waals surface area contributed by atoms with Crippen LogP contribution in [0.3, 0.4) is 0 Å². The predicted octanol–water partition coefficient (Wildman–Crippen LogP) is 3.22. The van der Waals surface area contributed by atoms with Crippen LogP contribution >= 0.6 is 0 Å². The van der Waals surface area contributed by atoms with Crippen molar-refractivity contribution in [2.45, 2.75) is 36.8 Å². The molecule has 0 spiro atoms. The molecule has 5 nitrogen and oxygen atoms in total. The Morgan fingerprint density at radius 1 is 1.16 bits per heavy atom. The van der Waals surface area contributed by atoms with Crippen molar-refractivity contribution in [2.24, 2.45) is 11.8 Å². The Morgan fingerprint density at radius 3 is 2.12 bits per heavy atom. The first-order valence-electron chi connectivity index (χ1n) is 7.88. The van der Waals surface area contributed by atoms with E-state index in [1.165, 1.54) is 7.05 Å². The van der Waals surface area contributed by atoms with Gasteiger partial charge in [-0.25, -0.2) is 12.7 Å². The number of hydrogen-bond acceptors (Lipinski definition) is 3. The second-order valence-electron chi connectivity index (χ2n) is 6.36. The van der Waals surface area contributed by atoms with E-state index in [-0.39, 0.29) is 23.3 Å². The molecule has 0 radical (unpaired) electrons. The molecular formula is C16H20F3NO4S. The molecule has 0 unspecified atom stereocenters. The molecule has 0 aromatic heterocycles. The van der Waals surface area contributed by atoms with Gasteiger partial charge in [-0.15, -0.1) is 0 Å². The smallest absolute Gasteiger partial charge is 0.416 e. The van der Waals surface area contributed by atoms with Crippen LogP contribution in [0.15, 0.2) is 29.2 Å². The van der Waals surface area contributed by atoms with Crippen molar-refractivity contribution >= 4 is 16.0 Å². The molecule has 9 heteroatoms. The first-order chi connectivity index (χ1) is 11.5. The largest absolute Gasteiger partial charge is 0.481 e. The fourth-order valence-electron chi connectivity index (χ4n) is 3.05. The second-order valence-corrected chi connectivity index (χ2v) is 8.41. The molecule has 1 saturated carbocycles. The van der Waals surface area contributed by atoms with Gasteiger partial charge in [0, 0.05) is 13.6 Å². The van der Waals surface area contributed by atoms with Gasteiger partial charge < -0.3 is 5.11 Å². The molecule has 1 N–H and O–H groups in total. The maximum atomic E-state index is 12.6. The number of nitrogens with zero attached hydrogens (tertiary/aromatic N) is 1. The summed E-state index contributed by atoms with van der Waals surface area (Å²) in [6.45, 7) is 0.218. The van der Waals surface area contributed by atoms with E-state index >= 15 is 0 Å². The highest BCUT2D eigenvalue weighted by atomic mass is 32.2. The molecule has 1 fully saturated rings. The Labute approximate surface area is 144 Å². The number of hydrogen-bond donors (Lipinski definition) is 1. The molecule has 25 heavy (non-hydrogen) atoms. The van der Waals surface area contributed by atoms with Crippen molar-refractivity contribution in [3.63, 3.8) is 0 Å². The Balaban J connectivity index is 2.03. The molecule has 1 aromatic rings. The molecule has 1 aromatic carbocycles. The Morgan fingerprint density at radius 2 is 1.68 bits per heavy atom. The topological polar surface area (TPSA) is 74.7 Å². The van der Waals surface area contributed by atoms with Gasteiger partial charge in [-0.3, -0.25) is 4.79 Å². The summed E-state index contributed by atoms with van der Waals surface area (Å²) < 4.78 is 63.8. The van der Waals surface area contributed by atoms with Crippen LogP contribution in [-0.2, 0) is 21.0 Å². The number of carboxylic acid groups (broad SMARTS) is 1. The van der Waals surface area contributed by atoms with Gasteiger partial charge in [0.1, 0.15) is 0 Å². The molecule has 0 aliphatic heterocycles. The average molecular weight is 379 g/mol. The number of aliphatic carboxylic acids is 1. The number of rotatable bonds is 5. The highest BCUT2D eigenvalue weighted by Gasteiger charge is 2.32. The van der Waals surface area contributed by atoms with Gasteiger partial charge in [-0.05, 0) is 55.9 Å². The van der Waals surface area contributed by atoms with Crippen molar-refractivity contribution in [3.05, 3.63) is 29.8 Å². The van der Waals surface area contributed by atoms with Crippen LogP contribution in [0, 0.1) is 11.8 Å². The van der Waals surface area contributed by atoms with Crippen LogP contribution in [0.1, 0.15) is 31.2 Å². The number of carboxylic acids is 1. The summed E-state index contributed by atoms with van der Waals surface area (Å²) >= 11 is 0. The van der Waals surface area contributed by atoms with E-state index in [1.54, 1.807) is 0 Å². The molecule has 140 valence electrons. The van der Waals surface area contributed by atoms with Gasteiger partial charge in [0.15, 0.2) is 0 Å². The van der Waals surface area contributed by atoms with Gasteiger partial charge in [0.05, 0.1) is 16.4 Å². The zero-order chi connectivity index (χ0) is 18.8. The molecular weight excluding hydrogens is 359 g/mol. The fraction of sp³-hybridized carbons (Fsp3) is 0.562. The van der Waals surface area contributed by atoms with E-state index in [2.05, 4.69) is 0 Å². The fourth-order valence-corrected chi connectivity index (χ4v) is 4.30. The van der Waals surface area contributed by atoms with Gasteiger partial charge in [-0.1, -0.05) is 0 Å². The third-order valence-electron chi connectivity index (χ3n) is 4.60. The van der Waals surface area contributed by atoms with Crippen molar-refractivity contribution in [3.8, 4) is 0 Å². The Kier molecular flexibility index (Phi) is 5.78. The number of sulfonamides is 1. The number of carbonyl (C=O) groups is 1. The predicted molar refractivity (Wildman–Crippen MR) is 84.3 cm³/mol. The van der Waals surface area contributed by atoms with Crippen molar-refractivity contribution in [2.75, 3.05) is 13.6 Å². The molecule has 1 aliphatic rings. The first-order valence-corrected chi connectivity index (χ1v) is 9.32. The van der Waals surface area contributed by atoms with E-state index in [1.807, 2.05) is 0 Å². The second kappa shape index (κ2) is 7.33. The number of benzene rings is 1. The third-order valence-corrected chi connectivity index (χ3v) is 6.44. The molecule has 0 heterocycles. The monoisotopic (exact) mass is 379 g/mol. The maximum Gasteiger partial charge on any atom is 0.416 e. The molecule has 0 atom stereocenters.